The lowest BCUT2D eigenvalue weighted by molar-refractivity contribution is -0.140. The van der Waals surface area contributed by atoms with Crippen molar-refractivity contribution in [3.05, 3.63) is 54.3 Å². The molecule has 0 radical (unpaired) electrons. The number of hydrogen-bond acceptors (Lipinski definition) is 6. The molecule has 0 saturated carbocycles. The summed E-state index contributed by atoms with van der Waals surface area (Å²) in [6.45, 7) is -0.427. The summed E-state index contributed by atoms with van der Waals surface area (Å²) in [5.74, 6) is -1.28. The van der Waals surface area contributed by atoms with Crippen LogP contribution >= 0.6 is 0 Å². The Morgan fingerprint density at radius 3 is 2.46 bits per heavy atom. The topological polar surface area (TPSA) is 111 Å². The van der Waals surface area contributed by atoms with Gasteiger partial charge in [0, 0.05) is 18.3 Å². The van der Waals surface area contributed by atoms with Crippen LogP contribution in [0, 0.1) is 5.82 Å². The smallest absolute Gasteiger partial charge is 0.306 e. The number of anilines is 1. The molecule has 0 spiro atoms. The van der Waals surface area contributed by atoms with Gasteiger partial charge in [-0.15, -0.1) is 0 Å². The van der Waals surface area contributed by atoms with Crippen molar-refractivity contribution in [2.75, 3.05) is 25.6 Å². The van der Waals surface area contributed by atoms with Gasteiger partial charge in [-0.2, -0.15) is 0 Å². The van der Waals surface area contributed by atoms with Gasteiger partial charge in [0.1, 0.15) is 11.6 Å². The van der Waals surface area contributed by atoms with E-state index in [2.05, 4.69) is 14.8 Å². The van der Waals surface area contributed by atoms with E-state index in [4.69, 9.17) is 4.74 Å². The molecule has 28 heavy (non-hydrogen) atoms. The molecular weight excluding hydrogens is 391 g/mol. The molecule has 2 aromatic rings. The van der Waals surface area contributed by atoms with Crippen molar-refractivity contribution in [1.29, 1.82) is 0 Å². The molecule has 10 heteroatoms. The number of nitrogens with one attached hydrogen (secondary N) is 2. The maximum absolute atomic E-state index is 13.1. The van der Waals surface area contributed by atoms with Crippen molar-refractivity contribution in [1.82, 2.24) is 4.72 Å². The van der Waals surface area contributed by atoms with Crippen LogP contribution < -0.4 is 14.8 Å². The number of carbonyl (C=O) groups excluding carboxylic acids is 2. The van der Waals surface area contributed by atoms with Crippen LogP contribution in [0.1, 0.15) is 6.42 Å². The van der Waals surface area contributed by atoms with E-state index in [0.29, 0.717) is 5.69 Å². The zero-order chi connectivity index (χ0) is 20.6. The second kappa shape index (κ2) is 9.81. The molecule has 1 amide bonds. The highest BCUT2D eigenvalue weighted by Crippen LogP contribution is 2.15. The van der Waals surface area contributed by atoms with E-state index in [1.807, 2.05) is 0 Å². The van der Waals surface area contributed by atoms with Crippen molar-refractivity contribution in [2.24, 2.45) is 0 Å². The van der Waals surface area contributed by atoms with Crippen molar-refractivity contribution in [3.63, 3.8) is 0 Å². The number of amides is 1. The van der Waals surface area contributed by atoms with Crippen LogP contribution in [-0.4, -0.2) is 40.6 Å². The van der Waals surface area contributed by atoms with E-state index < -0.39 is 27.7 Å². The molecule has 0 aliphatic carbocycles. The van der Waals surface area contributed by atoms with E-state index in [1.165, 1.54) is 49.6 Å². The van der Waals surface area contributed by atoms with Gasteiger partial charge >= 0.3 is 5.97 Å². The van der Waals surface area contributed by atoms with Gasteiger partial charge in [-0.05, 0) is 36.4 Å². The van der Waals surface area contributed by atoms with Gasteiger partial charge < -0.3 is 14.8 Å². The summed E-state index contributed by atoms with van der Waals surface area (Å²) < 4.78 is 49.2. The molecule has 0 unspecified atom stereocenters. The van der Waals surface area contributed by atoms with Crippen molar-refractivity contribution in [2.45, 2.75) is 11.3 Å². The minimum absolute atomic E-state index is 0.0219. The molecule has 0 aromatic heterocycles. The Kier molecular flexibility index (Phi) is 7.47. The third kappa shape index (κ3) is 6.63. The minimum atomic E-state index is -3.79. The van der Waals surface area contributed by atoms with Gasteiger partial charge in [-0.1, -0.05) is 6.07 Å². The van der Waals surface area contributed by atoms with Crippen LogP contribution in [0.4, 0.5) is 10.1 Å². The normalized spacial score (nSPS) is 10.9. The average Bonchev–Trinajstić information content (AvgIpc) is 2.66. The predicted molar refractivity (Wildman–Crippen MR) is 98.8 cm³/mol. The molecule has 0 aliphatic heterocycles. The zero-order valence-corrected chi connectivity index (χ0v) is 15.8. The van der Waals surface area contributed by atoms with E-state index in [1.54, 1.807) is 0 Å². The summed E-state index contributed by atoms with van der Waals surface area (Å²) in [7, 11) is -2.58. The number of methoxy groups -OCH3 is 1. The van der Waals surface area contributed by atoms with Crippen molar-refractivity contribution >= 4 is 27.6 Å². The first-order valence-corrected chi connectivity index (χ1v) is 9.63. The summed E-state index contributed by atoms with van der Waals surface area (Å²) in [5.41, 5.74) is 0.362. The fraction of sp³-hybridized carbons (Fsp3) is 0.222. The number of sulfonamides is 1. The number of rotatable bonds is 9. The lowest BCUT2D eigenvalue weighted by Gasteiger charge is -2.09. The number of esters is 1. The molecule has 2 N–H and O–H groups in total. The Bertz CT molecular complexity index is 931. The molecule has 0 heterocycles. The summed E-state index contributed by atoms with van der Waals surface area (Å²) >= 11 is 0. The fourth-order valence-corrected chi connectivity index (χ4v) is 3.12. The van der Waals surface area contributed by atoms with Crippen LogP contribution in [0.15, 0.2) is 53.4 Å². The number of halogens is 1. The monoisotopic (exact) mass is 410 g/mol. The molecule has 8 nitrogen and oxygen atoms in total. The Morgan fingerprint density at radius 1 is 1.11 bits per heavy atom. The SMILES string of the molecule is COC(=O)CCNS(=O)(=O)c1ccc(NC(=O)COc2cccc(F)c2)cc1. The summed E-state index contributed by atoms with van der Waals surface area (Å²) in [5, 5.41) is 2.54. The molecule has 0 bridgehead atoms. The van der Waals surface area contributed by atoms with Crippen molar-refractivity contribution < 1.29 is 31.9 Å². The van der Waals surface area contributed by atoms with Crippen molar-refractivity contribution in [3.8, 4) is 5.75 Å². The predicted octanol–water partition coefficient (Wildman–Crippen LogP) is 1.68. The molecule has 2 rings (SSSR count). The van der Waals surface area contributed by atoms with Gasteiger partial charge in [-0.3, -0.25) is 9.59 Å². The lowest BCUT2D eigenvalue weighted by atomic mass is 10.3. The quantitative estimate of drug-likeness (QED) is 0.609. The Balaban J connectivity index is 1.87. The van der Waals surface area contributed by atoms with Gasteiger partial charge in [0.05, 0.1) is 18.4 Å². The van der Waals surface area contributed by atoms with Crippen LogP contribution in [0.2, 0.25) is 0 Å². The fourth-order valence-electron chi connectivity index (χ4n) is 2.09. The van der Waals surface area contributed by atoms with Gasteiger partial charge in [-0.25, -0.2) is 17.5 Å². The number of benzene rings is 2. The van der Waals surface area contributed by atoms with Gasteiger partial charge in [0.2, 0.25) is 10.0 Å². The highest BCUT2D eigenvalue weighted by molar-refractivity contribution is 7.89. The van der Waals surface area contributed by atoms with Gasteiger partial charge in [0.15, 0.2) is 6.61 Å². The Morgan fingerprint density at radius 2 is 1.82 bits per heavy atom. The highest BCUT2D eigenvalue weighted by Gasteiger charge is 2.14. The first-order valence-electron chi connectivity index (χ1n) is 8.15. The standard InChI is InChI=1S/C18H19FN2O6S/c1-26-18(23)9-10-20-28(24,25)16-7-5-14(6-8-16)21-17(22)12-27-15-4-2-3-13(19)11-15/h2-8,11,20H,9-10,12H2,1H3,(H,21,22). The molecule has 150 valence electrons. The largest absolute Gasteiger partial charge is 0.484 e. The van der Waals surface area contributed by atoms with Crippen LogP contribution in [0.25, 0.3) is 0 Å². The first-order chi connectivity index (χ1) is 13.3. The lowest BCUT2D eigenvalue weighted by Crippen LogP contribution is -2.26. The van der Waals surface area contributed by atoms with Crippen LogP contribution in [0.3, 0.4) is 0 Å². The van der Waals surface area contributed by atoms with E-state index in [9.17, 15) is 22.4 Å². The maximum atomic E-state index is 13.1. The Labute approximate surface area is 161 Å². The zero-order valence-electron chi connectivity index (χ0n) is 15.0. The number of carbonyl (C=O) groups is 2. The summed E-state index contributed by atoms with van der Waals surface area (Å²) in [4.78, 5) is 22.9. The first kappa shape index (κ1) is 21.3. The number of hydrogen-bond donors (Lipinski definition) is 2. The third-order valence-electron chi connectivity index (χ3n) is 3.46. The molecule has 0 atom stereocenters. The second-order valence-electron chi connectivity index (χ2n) is 5.54. The van der Waals surface area contributed by atoms with E-state index in [-0.39, 0.29) is 30.2 Å². The minimum Gasteiger partial charge on any atom is -0.484 e. The molecule has 2 aromatic carbocycles. The summed E-state index contributed by atoms with van der Waals surface area (Å²) in [6.07, 6.45) is -0.0881. The van der Waals surface area contributed by atoms with Crippen LogP contribution in [0.5, 0.6) is 5.75 Å². The maximum Gasteiger partial charge on any atom is 0.306 e. The second-order valence-corrected chi connectivity index (χ2v) is 7.31. The molecule has 0 aliphatic rings. The summed E-state index contributed by atoms with van der Waals surface area (Å²) in [6, 6.07) is 10.8. The Hall–Kier alpha value is -2.98. The third-order valence-corrected chi connectivity index (χ3v) is 4.94. The van der Waals surface area contributed by atoms with E-state index >= 15 is 0 Å². The molecule has 0 fully saturated rings. The average molecular weight is 410 g/mol. The van der Waals surface area contributed by atoms with E-state index in [0.717, 1.165) is 6.07 Å². The van der Waals surface area contributed by atoms with Crippen LogP contribution in [-0.2, 0) is 24.3 Å². The highest BCUT2D eigenvalue weighted by atomic mass is 32.2. The number of ether oxygens (including phenoxy) is 2. The molecule has 0 saturated heterocycles. The molecular formula is C18H19FN2O6S. The van der Waals surface area contributed by atoms with Gasteiger partial charge in [0.25, 0.3) is 5.91 Å².